The molecule has 3 atom stereocenters. The second kappa shape index (κ2) is 8.06. The summed E-state index contributed by atoms with van der Waals surface area (Å²) in [6.07, 6.45) is 1.66. The zero-order chi connectivity index (χ0) is 14.2. The first kappa shape index (κ1) is 15.1. The number of rotatable bonds is 3. The van der Waals surface area contributed by atoms with Crippen LogP contribution in [0, 0.1) is 11.8 Å². The molecular formula is C17H22O3. The van der Waals surface area contributed by atoms with Gasteiger partial charge in [0.15, 0.2) is 0 Å². The Morgan fingerprint density at radius 3 is 2.85 bits per heavy atom. The zero-order valence-electron chi connectivity index (χ0n) is 11.9. The molecule has 0 aliphatic carbocycles. The summed E-state index contributed by atoms with van der Waals surface area (Å²) in [7, 11) is 0. The molecule has 0 saturated heterocycles. The van der Waals surface area contributed by atoms with Crippen molar-refractivity contribution in [2.75, 3.05) is 6.61 Å². The summed E-state index contributed by atoms with van der Waals surface area (Å²) in [4.78, 5) is 0. The molecule has 0 amide bonds. The molecule has 0 radical (unpaired) electrons. The standard InChI is InChI=1S/C17H22O3/c1-14-10-11-16(18)17(9-5-6-12-19-14)20-13-15-7-3-2-4-8-15/h2-4,7-8,14,16-18H,5-6,9,12-13H2,1H3/t14?,16?,17-/m1/s1. The van der Waals surface area contributed by atoms with Crippen LogP contribution >= 0.6 is 0 Å². The average molecular weight is 274 g/mol. The number of hydrogen-bond donors (Lipinski definition) is 1. The molecule has 2 unspecified atom stereocenters. The Labute approximate surface area is 120 Å². The lowest BCUT2D eigenvalue weighted by Gasteiger charge is -2.21. The molecule has 1 aliphatic rings. The Hall–Kier alpha value is -1.34. The summed E-state index contributed by atoms with van der Waals surface area (Å²) in [6, 6.07) is 10.00. The van der Waals surface area contributed by atoms with E-state index in [2.05, 4.69) is 11.8 Å². The number of hydrogen-bond acceptors (Lipinski definition) is 3. The van der Waals surface area contributed by atoms with E-state index in [-0.39, 0.29) is 12.2 Å². The molecule has 0 spiro atoms. The van der Waals surface area contributed by atoms with Crippen LogP contribution in [-0.2, 0) is 16.1 Å². The Balaban J connectivity index is 1.94. The van der Waals surface area contributed by atoms with E-state index < -0.39 is 6.10 Å². The van der Waals surface area contributed by atoms with Crippen LogP contribution < -0.4 is 0 Å². The third-order valence-electron chi connectivity index (χ3n) is 3.34. The predicted molar refractivity (Wildman–Crippen MR) is 78.1 cm³/mol. The van der Waals surface area contributed by atoms with Crippen molar-refractivity contribution in [2.45, 2.75) is 51.1 Å². The third kappa shape index (κ3) is 4.97. The smallest absolute Gasteiger partial charge is 0.140 e. The molecule has 0 bridgehead atoms. The molecule has 1 N–H and O–H groups in total. The number of benzene rings is 1. The predicted octanol–water partition coefficient (Wildman–Crippen LogP) is 2.53. The molecule has 0 saturated carbocycles. The summed E-state index contributed by atoms with van der Waals surface area (Å²) in [5.74, 6) is 5.77. The molecule has 20 heavy (non-hydrogen) atoms. The maximum atomic E-state index is 10.1. The zero-order valence-corrected chi connectivity index (χ0v) is 11.9. The molecule has 1 aromatic carbocycles. The molecule has 1 heterocycles. The fourth-order valence-electron chi connectivity index (χ4n) is 2.15. The monoisotopic (exact) mass is 274 g/mol. The van der Waals surface area contributed by atoms with E-state index in [1.165, 1.54) is 0 Å². The molecule has 1 aromatic rings. The van der Waals surface area contributed by atoms with Gasteiger partial charge in [-0.15, -0.1) is 0 Å². The second-order valence-corrected chi connectivity index (χ2v) is 5.08. The molecule has 108 valence electrons. The fraction of sp³-hybridized carbons (Fsp3) is 0.529. The molecular weight excluding hydrogens is 252 g/mol. The summed E-state index contributed by atoms with van der Waals surface area (Å²) in [5, 5.41) is 10.1. The number of aliphatic hydroxyl groups excluding tert-OH is 1. The van der Waals surface area contributed by atoms with Gasteiger partial charge < -0.3 is 14.6 Å². The summed E-state index contributed by atoms with van der Waals surface area (Å²) >= 11 is 0. The highest BCUT2D eigenvalue weighted by Crippen LogP contribution is 2.14. The Morgan fingerprint density at radius 2 is 2.05 bits per heavy atom. The van der Waals surface area contributed by atoms with Crippen LogP contribution in [0.5, 0.6) is 0 Å². The van der Waals surface area contributed by atoms with Gasteiger partial charge in [-0.3, -0.25) is 0 Å². The minimum Gasteiger partial charge on any atom is -0.378 e. The van der Waals surface area contributed by atoms with Crippen molar-refractivity contribution in [3.05, 3.63) is 35.9 Å². The molecule has 3 heteroatoms. The van der Waals surface area contributed by atoms with E-state index in [9.17, 15) is 5.11 Å². The van der Waals surface area contributed by atoms with Gasteiger partial charge in [-0.05, 0) is 31.7 Å². The quantitative estimate of drug-likeness (QED) is 0.861. The van der Waals surface area contributed by atoms with Crippen LogP contribution in [0.1, 0.15) is 31.7 Å². The molecule has 1 aliphatic heterocycles. The minimum atomic E-state index is -0.747. The first-order valence-electron chi connectivity index (χ1n) is 7.22. The van der Waals surface area contributed by atoms with Gasteiger partial charge in [-0.25, -0.2) is 0 Å². The van der Waals surface area contributed by atoms with E-state index in [1.807, 2.05) is 37.3 Å². The Kier molecular flexibility index (Phi) is 6.07. The topological polar surface area (TPSA) is 38.7 Å². The van der Waals surface area contributed by atoms with Crippen LogP contribution in [-0.4, -0.2) is 30.0 Å². The van der Waals surface area contributed by atoms with Crippen molar-refractivity contribution in [3.8, 4) is 11.8 Å². The van der Waals surface area contributed by atoms with Crippen LogP contribution in [0.25, 0.3) is 0 Å². The van der Waals surface area contributed by atoms with Gasteiger partial charge in [0, 0.05) is 6.61 Å². The molecule has 0 aromatic heterocycles. The van der Waals surface area contributed by atoms with Gasteiger partial charge >= 0.3 is 0 Å². The first-order chi connectivity index (χ1) is 9.75. The average Bonchev–Trinajstić information content (AvgIpc) is 2.48. The number of ether oxygens (including phenoxy) is 2. The van der Waals surface area contributed by atoms with Crippen molar-refractivity contribution in [3.63, 3.8) is 0 Å². The van der Waals surface area contributed by atoms with E-state index in [4.69, 9.17) is 9.47 Å². The highest BCUT2D eigenvalue weighted by molar-refractivity contribution is 5.14. The van der Waals surface area contributed by atoms with Gasteiger partial charge in [0.05, 0.1) is 12.7 Å². The lowest BCUT2D eigenvalue weighted by molar-refractivity contribution is -0.0307. The van der Waals surface area contributed by atoms with Gasteiger partial charge in [-0.2, -0.15) is 0 Å². The lowest BCUT2D eigenvalue weighted by Crippen LogP contribution is -2.29. The largest absolute Gasteiger partial charge is 0.378 e. The van der Waals surface area contributed by atoms with E-state index >= 15 is 0 Å². The minimum absolute atomic E-state index is 0.127. The van der Waals surface area contributed by atoms with Crippen molar-refractivity contribution >= 4 is 0 Å². The van der Waals surface area contributed by atoms with E-state index in [0.29, 0.717) is 6.61 Å². The van der Waals surface area contributed by atoms with E-state index in [0.717, 1.165) is 31.4 Å². The number of aliphatic hydroxyl groups is 1. The van der Waals surface area contributed by atoms with Crippen LogP contribution in [0.3, 0.4) is 0 Å². The van der Waals surface area contributed by atoms with Gasteiger partial charge in [0.25, 0.3) is 0 Å². The third-order valence-corrected chi connectivity index (χ3v) is 3.34. The fourth-order valence-corrected chi connectivity index (χ4v) is 2.15. The van der Waals surface area contributed by atoms with Crippen molar-refractivity contribution in [1.82, 2.24) is 0 Å². The van der Waals surface area contributed by atoms with Gasteiger partial charge in [-0.1, -0.05) is 42.2 Å². The van der Waals surface area contributed by atoms with Crippen molar-refractivity contribution < 1.29 is 14.6 Å². The second-order valence-electron chi connectivity index (χ2n) is 5.08. The van der Waals surface area contributed by atoms with Crippen molar-refractivity contribution in [2.24, 2.45) is 0 Å². The molecule has 3 nitrogen and oxygen atoms in total. The van der Waals surface area contributed by atoms with Crippen LogP contribution in [0.15, 0.2) is 30.3 Å². The molecule has 0 fully saturated rings. The van der Waals surface area contributed by atoms with Gasteiger partial charge in [0.1, 0.15) is 12.2 Å². The highest BCUT2D eigenvalue weighted by atomic mass is 16.5. The summed E-state index contributed by atoms with van der Waals surface area (Å²) in [6.45, 7) is 3.13. The van der Waals surface area contributed by atoms with E-state index in [1.54, 1.807) is 0 Å². The first-order valence-corrected chi connectivity index (χ1v) is 7.22. The van der Waals surface area contributed by atoms with Crippen LogP contribution in [0.2, 0.25) is 0 Å². The highest BCUT2D eigenvalue weighted by Gasteiger charge is 2.18. The van der Waals surface area contributed by atoms with Gasteiger partial charge in [0.2, 0.25) is 0 Å². The maximum Gasteiger partial charge on any atom is 0.140 e. The molecule has 2 rings (SSSR count). The normalized spacial score (nSPS) is 27.4. The van der Waals surface area contributed by atoms with Crippen molar-refractivity contribution in [1.29, 1.82) is 0 Å². The maximum absolute atomic E-state index is 10.1. The Morgan fingerprint density at radius 1 is 1.25 bits per heavy atom. The lowest BCUT2D eigenvalue weighted by atomic mass is 10.1. The Bertz CT molecular complexity index is 446. The van der Waals surface area contributed by atoms with Crippen LogP contribution in [0.4, 0.5) is 0 Å². The summed E-state index contributed by atoms with van der Waals surface area (Å²) in [5.41, 5.74) is 1.11. The summed E-state index contributed by atoms with van der Waals surface area (Å²) < 4.78 is 11.4. The SMILES string of the molecule is CC1C#CC(O)[C@H](OCc2ccccc2)CCCCO1.